The highest BCUT2D eigenvalue weighted by Gasteiger charge is 2.35. The molecule has 4 heterocycles. The van der Waals surface area contributed by atoms with Crippen LogP contribution in [0.3, 0.4) is 0 Å². The standard InChI is InChI=1S/C32H41F2N7O5/c1-20(42)36-30-28(7-4-13-35-30)37-23-10-14-39(15-11-23)31(44)38-24-9-8-22(26-5-3-6-27(33)29(26)34)17-41(18-24)32(45)46-25-12-16-40(19-25)21(2)43/h3-7,13,22-25,37H,8-12,14-19H2,1-2H3,(H,38,44)(H,35,36,42)/t22-,24-,25?/m1/s1. The van der Waals surface area contributed by atoms with E-state index >= 15 is 0 Å². The summed E-state index contributed by atoms with van der Waals surface area (Å²) < 4.78 is 34.7. The Balaban J connectivity index is 1.21. The third-order valence-electron chi connectivity index (χ3n) is 8.85. The molecule has 3 aliphatic heterocycles. The van der Waals surface area contributed by atoms with Gasteiger partial charge in [0.25, 0.3) is 0 Å². The van der Waals surface area contributed by atoms with E-state index in [9.17, 15) is 28.0 Å². The maximum Gasteiger partial charge on any atom is 0.410 e. The number of pyridine rings is 1. The van der Waals surface area contributed by atoms with Gasteiger partial charge < -0.3 is 35.4 Å². The molecule has 5 amide bonds. The lowest BCUT2D eigenvalue weighted by Crippen LogP contribution is -2.52. The zero-order valence-electron chi connectivity index (χ0n) is 26.1. The first-order valence-corrected chi connectivity index (χ1v) is 15.8. The van der Waals surface area contributed by atoms with Crippen LogP contribution in [0.5, 0.6) is 0 Å². The lowest BCUT2D eigenvalue weighted by molar-refractivity contribution is -0.128. The number of nitrogens with zero attached hydrogens (tertiary/aromatic N) is 4. The Morgan fingerprint density at radius 1 is 0.848 bits per heavy atom. The van der Waals surface area contributed by atoms with E-state index in [0.717, 1.165) is 6.07 Å². The van der Waals surface area contributed by atoms with Crippen molar-refractivity contribution < 1.29 is 32.7 Å². The highest BCUT2D eigenvalue weighted by atomic mass is 19.2. The number of hydrogen-bond acceptors (Lipinski definition) is 7. The zero-order chi connectivity index (χ0) is 32.8. The van der Waals surface area contributed by atoms with E-state index in [1.807, 2.05) is 6.07 Å². The molecule has 1 aromatic carbocycles. The van der Waals surface area contributed by atoms with Crippen molar-refractivity contribution in [2.24, 2.45) is 0 Å². The van der Waals surface area contributed by atoms with E-state index in [0.29, 0.717) is 69.8 Å². The number of nitrogens with one attached hydrogen (secondary N) is 3. The smallest absolute Gasteiger partial charge is 0.410 e. The van der Waals surface area contributed by atoms with Crippen LogP contribution in [0.2, 0.25) is 0 Å². The molecular weight excluding hydrogens is 600 g/mol. The van der Waals surface area contributed by atoms with E-state index in [2.05, 4.69) is 20.9 Å². The summed E-state index contributed by atoms with van der Waals surface area (Å²) in [5.41, 5.74) is 0.889. The highest BCUT2D eigenvalue weighted by Crippen LogP contribution is 2.31. The molecule has 0 radical (unpaired) electrons. The van der Waals surface area contributed by atoms with E-state index in [4.69, 9.17) is 4.74 Å². The molecular formula is C32H41F2N7O5. The SMILES string of the molecule is CC(=O)Nc1ncccc1NC1CCN(C(=O)N[C@@H]2CC[C@@H](c3cccc(F)c3F)CN(C(=O)OC3CCN(C(C)=O)C3)C2)CC1. The number of anilines is 2. The van der Waals surface area contributed by atoms with Crippen LogP contribution >= 0.6 is 0 Å². The van der Waals surface area contributed by atoms with E-state index in [1.165, 1.54) is 30.9 Å². The fraction of sp³-hybridized carbons (Fsp3) is 0.531. The lowest BCUT2D eigenvalue weighted by Gasteiger charge is -2.34. The molecule has 46 heavy (non-hydrogen) atoms. The third kappa shape index (κ3) is 8.20. The Morgan fingerprint density at radius 2 is 1.61 bits per heavy atom. The van der Waals surface area contributed by atoms with Gasteiger partial charge in [-0.1, -0.05) is 12.1 Å². The average Bonchev–Trinajstić information content (AvgIpc) is 3.39. The minimum atomic E-state index is -0.955. The largest absolute Gasteiger partial charge is 0.444 e. The Morgan fingerprint density at radius 3 is 2.33 bits per heavy atom. The van der Waals surface area contributed by atoms with Crippen molar-refractivity contribution in [2.75, 3.05) is 49.9 Å². The predicted molar refractivity (Wildman–Crippen MR) is 166 cm³/mol. The van der Waals surface area contributed by atoms with Crippen molar-refractivity contribution in [3.8, 4) is 0 Å². The van der Waals surface area contributed by atoms with Gasteiger partial charge in [0.1, 0.15) is 6.10 Å². The average molecular weight is 642 g/mol. The monoisotopic (exact) mass is 641 g/mol. The number of piperidine rings is 1. The van der Waals surface area contributed by atoms with Crippen LogP contribution in [0.25, 0.3) is 0 Å². The summed E-state index contributed by atoms with van der Waals surface area (Å²) in [6.45, 7) is 4.91. The molecule has 0 bridgehead atoms. The number of urea groups is 1. The molecule has 2 aromatic rings. The van der Waals surface area contributed by atoms with Crippen LogP contribution < -0.4 is 16.0 Å². The first-order valence-electron chi connectivity index (χ1n) is 15.8. The van der Waals surface area contributed by atoms with Gasteiger partial charge in [0.15, 0.2) is 17.5 Å². The molecule has 1 unspecified atom stereocenters. The van der Waals surface area contributed by atoms with Gasteiger partial charge in [-0.15, -0.1) is 0 Å². The van der Waals surface area contributed by atoms with Crippen molar-refractivity contribution in [2.45, 2.75) is 70.1 Å². The molecule has 14 heteroatoms. The summed E-state index contributed by atoms with van der Waals surface area (Å²) in [4.78, 5) is 59.1. The van der Waals surface area contributed by atoms with Gasteiger partial charge in [0.2, 0.25) is 11.8 Å². The summed E-state index contributed by atoms with van der Waals surface area (Å²) in [7, 11) is 0. The normalized spacial score (nSPS) is 22.2. The van der Waals surface area contributed by atoms with Crippen LogP contribution in [0.4, 0.5) is 29.9 Å². The Kier molecular flexibility index (Phi) is 10.5. The van der Waals surface area contributed by atoms with Gasteiger partial charge in [-0.05, 0) is 49.4 Å². The quantitative estimate of drug-likeness (QED) is 0.435. The maximum absolute atomic E-state index is 14.8. The van der Waals surface area contributed by atoms with E-state index in [1.54, 1.807) is 22.1 Å². The molecule has 248 valence electrons. The number of ether oxygens (including phenoxy) is 1. The van der Waals surface area contributed by atoms with Crippen molar-refractivity contribution in [1.29, 1.82) is 0 Å². The van der Waals surface area contributed by atoms with Crippen LogP contribution in [0.15, 0.2) is 36.5 Å². The highest BCUT2D eigenvalue weighted by molar-refractivity contribution is 5.91. The molecule has 3 atom stereocenters. The number of carbonyl (C=O) groups excluding carboxylic acids is 4. The second kappa shape index (κ2) is 14.7. The Bertz CT molecular complexity index is 1440. The zero-order valence-corrected chi connectivity index (χ0v) is 26.1. The third-order valence-corrected chi connectivity index (χ3v) is 8.85. The second-order valence-corrected chi connectivity index (χ2v) is 12.2. The minimum absolute atomic E-state index is 0.0698. The van der Waals surface area contributed by atoms with E-state index in [-0.39, 0.29) is 42.5 Å². The molecule has 3 N–H and O–H groups in total. The summed E-state index contributed by atoms with van der Waals surface area (Å²) in [6.07, 6.45) is 3.25. The van der Waals surface area contributed by atoms with Gasteiger partial charge in [0, 0.05) is 77.2 Å². The van der Waals surface area contributed by atoms with Gasteiger partial charge in [-0.2, -0.15) is 0 Å². The molecule has 3 aliphatic rings. The molecule has 5 rings (SSSR count). The predicted octanol–water partition coefficient (Wildman–Crippen LogP) is 3.91. The topological polar surface area (TPSA) is 136 Å². The van der Waals surface area contributed by atoms with Crippen molar-refractivity contribution >= 4 is 35.4 Å². The molecule has 3 saturated heterocycles. The van der Waals surface area contributed by atoms with Crippen LogP contribution in [0, 0.1) is 11.6 Å². The van der Waals surface area contributed by atoms with Crippen LogP contribution in [0.1, 0.15) is 57.4 Å². The second-order valence-electron chi connectivity index (χ2n) is 12.2. The number of carbonyl (C=O) groups is 4. The first kappa shape index (κ1) is 32.9. The summed E-state index contributed by atoms with van der Waals surface area (Å²) in [5.74, 6) is -2.26. The summed E-state index contributed by atoms with van der Waals surface area (Å²) >= 11 is 0. The van der Waals surface area contributed by atoms with Crippen molar-refractivity contribution in [1.82, 2.24) is 25.0 Å². The number of hydrogen-bond donors (Lipinski definition) is 3. The van der Waals surface area contributed by atoms with Crippen molar-refractivity contribution in [3.05, 3.63) is 53.7 Å². The van der Waals surface area contributed by atoms with E-state index < -0.39 is 35.8 Å². The fourth-order valence-corrected chi connectivity index (χ4v) is 6.38. The minimum Gasteiger partial charge on any atom is -0.444 e. The number of rotatable bonds is 6. The van der Waals surface area contributed by atoms with Crippen LogP contribution in [-0.4, -0.2) is 101 Å². The molecule has 0 saturated carbocycles. The van der Waals surface area contributed by atoms with Gasteiger partial charge >= 0.3 is 12.1 Å². The number of likely N-dealkylation sites (tertiary alicyclic amines) is 3. The fourth-order valence-electron chi connectivity index (χ4n) is 6.38. The van der Waals surface area contributed by atoms with Crippen LogP contribution in [-0.2, 0) is 14.3 Å². The lowest BCUT2D eigenvalue weighted by atomic mass is 9.93. The van der Waals surface area contributed by atoms with Gasteiger partial charge in [0.05, 0.1) is 12.2 Å². The summed E-state index contributed by atoms with van der Waals surface area (Å²) in [6, 6.07) is 7.02. The first-order chi connectivity index (χ1) is 22.1. The van der Waals surface area contributed by atoms with Crippen molar-refractivity contribution in [3.63, 3.8) is 0 Å². The molecule has 12 nitrogen and oxygen atoms in total. The number of amides is 5. The molecule has 3 fully saturated rings. The summed E-state index contributed by atoms with van der Waals surface area (Å²) in [5, 5.41) is 9.20. The number of halogens is 2. The van der Waals surface area contributed by atoms with Gasteiger partial charge in [-0.3, -0.25) is 9.59 Å². The Labute approximate surface area is 266 Å². The molecule has 1 aromatic heterocycles. The maximum atomic E-state index is 14.8. The number of benzene rings is 1. The molecule has 0 aliphatic carbocycles. The Hall–Kier alpha value is -4.49. The van der Waals surface area contributed by atoms with Gasteiger partial charge in [-0.25, -0.2) is 23.4 Å². The molecule has 0 spiro atoms. The number of aromatic nitrogens is 1.